The Labute approximate surface area is 188 Å². The minimum absolute atomic E-state index is 0.184. The molecule has 1 aromatic heterocycles. The molecule has 0 saturated carbocycles. The Balaban J connectivity index is 1.76. The summed E-state index contributed by atoms with van der Waals surface area (Å²) in [5.74, 6) is 0.0112. The third-order valence-electron chi connectivity index (χ3n) is 4.32. The van der Waals surface area contributed by atoms with Crippen molar-refractivity contribution in [3.8, 4) is 17.7 Å². The summed E-state index contributed by atoms with van der Waals surface area (Å²) < 4.78 is 5.77. The molecule has 31 heavy (non-hydrogen) atoms. The van der Waals surface area contributed by atoms with Gasteiger partial charge in [0.1, 0.15) is 6.07 Å². The van der Waals surface area contributed by atoms with Crippen LogP contribution in [0.2, 0.25) is 10.0 Å². The third-order valence-corrected chi connectivity index (χ3v) is 5.10. The second-order valence-corrected chi connectivity index (χ2v) is 7.28. The van der Waals surface area contributed by atoms with Gasteiger partial charge in [-0.15, -0.1) is 0 Å². The summed E-state index contributed by atoms with van der Waals surface area (Å²) in [4.78, 5) is 28.6. The van der Waals surface area contributed by atoms with Gasteiger partial charge in [0.2, 0.25) is 5.88 Å². The molecular weight excluding hydrogens is 439 g/mol. The molecule has 3 rings (SSSR count). The van der Waals surface area contributed by atoms with Gasteiger partial charge in [0, 0.05) is 18.0 Å². The van der Waals surface area contributed by atoms with Crippen LogP contribution in [0.3, 0.4) is 0 Å². The van der Waals surface area contributed by atoms with Crippen molar-refractivity contribution in [1.82, 2.24) is 10.3 Å². The van der Waals surface area contributed by atoms with Crippen molar-refractivity contribution in [2.45, 2.75) is 13.8 Å². The van der Waals surface area contributed by atoms with Crippen LogP contribution in [0, 0.1) is 25.2 Å². The minimum atomic E-state index is -0.731. The van der Waals surface area contributed by atoms with Crippen molar-refractivity contribution < 1.29 is 14.3 Å². The summed E-state index contributed by atoms with van der Waals surface area (Å²) in [6.45, 7) is 3.45. The van der Waals surface area contributed by atoms with E-state index in [1.54, 1.807) is 50.2 Å². The van der Waals surface area contributed by atoms with Gasteiger partial charge in [-0.05, 0) is 49.2 Å². The number of aryl methyl sites for hydroxylation is 1. The van der Waals surface area contributed by atoms with Crippen molar-refractivity contribution in [1.29, 1.82) is 5.26 Å². The maximum absolute atomic E-state index is 12.3. The highest BCUT2D eigenvalue weighted by Gasteiger charge is 2.18. The summed E-state index contributed by atoms with van der Waals surface area (Å²) in [6.07, 6.45) is 1.39. The molecule has 0 radical (unpaired) electrons. The van der Waals surface area contributed by atoms with Crippen LogP contribution in [-0.4, -0.2) is 16.9 Å². The van der Waals surface area contributed by atoms with Gasteiger partial charge in [-0.2, -0.15) is 5.26 Å². The molecule has 2 aromatic carbocycles. The lowest BCUT2D eigenvalue weighted by Gasteiger charge is -2.16. The summed E-state index contributed by atoms with van der Waals surface area (Å²) in [5.41, 5.74) is 2.17. The van der Waals surface area contributed by atoms with E-state index in [0.717, 1.165) is 0 Å². The molecule has 0 unspecified atom stereocenters. The summed E-state index contributed by atoms with van der Waals surface area (Å²) in [5, 5.41) is 14.2. The Bertz CT molecular complexity index is 1200. The second-order valence-electron chi connectivity index (χ2n) is 6.50. The number of urea groups is 1. The fourth-order valence-corrected chi connectivity index (χ4v) is 3.20. The Kier molecular flexibility index (Phi) is 6.75. The molecule has 9 heteroatoms. The van der Waals surface area contributed by atoms with Crippen molar-refractivity contribution in [2.24, 2.45) is 0 Å². The molecule has 0 bridgehead atoms. The average molecular weight is 455 g/mol. The number of carbonyl (C=O) groups excluding carboxylic acids is 2. The van der Waals surface area contributed by atoms with Crippen molar-refractivity contribution in [2.75, 3.05) is 5.32 Å². The first-order chi connectivity index (χ1) is 14.8. The summed E-state index contributed by atoms with van der Waals surface area (Å²) in [7, 11) is 0. The van der Waals surface area contributed by atoms with Crippen LogP contribution in [0.15, 0.2) is 48.7 Å². The first-order valence-electron chi connectivity index (χ1n) is 9.00. The second kappa shape index (κ2) is 9.47. The highest BCUT2D eigenvalue weighted by atomic mass is 35.5. The van der Waals surface area contributed by atoms with Crippen LogP contribution in [0.4, 0.5) is 10.5 Å². The van der Waals surface area contributed by atoms with Crippen molar-refractivity contribution >= 4 is 40.8 Å². The number of aromatic nitrogens is 1. The first-order valence-corrected chi connectivity index (χ1v) is 9.76. The number of rotatable bonds is 4. The number of benzene rings is 2. The van der Waals surface area contributed by atoms with E-state index < -0.39 is 11.9 Å². The molecule has 3 aromatic rings. The van der Waals surface area contributed by atoms with Gasteiger partial charge in [-0.3, -0.25) is 10.1 Å². The summed E-state index contributed by atoms with van der Waals surface area (Å²) in [6, 6.07) is 12.5. The van der Waals surface area contributed by atoms with E-state index in [4.69, 9.17) is 33.2 Å². The molecule has 3 amide bonds. The molecule has 0 spiro atoms. The van der Waals surface area contributed by atoms with Crippen molar-refractivity contribution in [3.63, 3.8) is 0 Å². The van der Waals surface area contributed by atoms with Gasteiger partial charge in [0.25, 0.3) is 5.91 Å². The Morgan fingerprint density at radius 1 is 1.13 bits per heavy atom. The van der Waals surface area contributed by atoms with Gasteiger partial charge in [0.05, 0.1) is 21.2 Å². The van der Waals surface area contributed by atoms with Gasteiger partial charge < -0.3 is 10.1 Å². The smallest absolute Gasteiger partial charge is 0.326 e. The zero-order chi connectivity index (χ0) is 22.5. The van der Waals surface area contributed by atoms with Crippen LogP contribution in [0.5, 0.6) is 11.6 Å². The normalized spacial score (nSPS) is 10.2. The SMILES string of the molecule is Cc1cc(NC(=O)NC(=O)c2ccccc2Cl)c(C)c(Cl)c1Oc1ccc(C#N)cn1. The van der Waals surface area contributed by atoms with Crippen LogP contribution >= 0.6 is 23.2 Å². The number of halogens is 2. The average Bonchev–Trinajstić information content (AvgIpc) is 2.75. The first kappa shape index (κ1) is 22.1. The zero-order valence-electron chi connectivity index (χ0n) is 16.5. The van der Waals surface area contributed by atoms with Gasteiger partial charge in [-0.1, -0.05) is 35.3 Å². The Morgan fingerprint density at radius 2 is 1.87 bits per heavy atom. The number of hydrogen-bond acceptors (Lipinski definition) is 5. The highest BCUT2D eigenvalue weighted by Crippen LogP contribution is 2.38. The molecule has 0 atom stereocenters. The van der Waals surface area contributed by atoms with E-state index in [1.807, 2.05) is 6.07 Å². The topological polar surface area (TPSA) is 104 Å². The highest BCUT2D eigenvalue weighted by molar-refractivity contribution is 6.34. The fraction of sp³-hybridized carbons (Fsp3) is 0.0909. The molecule has 0 fully saturated rings. The van der Waals surface area contributed by atoms with E-state index in [9.17, 15) is 9.59 Å². The molecule has 1 heterocycles. The minimum Gasteiger partial charge on any atom is -0.437 e. The largest absolute Gasteiger partial charge is 0.437 e. The zero-order valence-corrected chi connectivity index (χ0v) is 18.0. The number of hydrogen-bond donors (Lipinski definition) is 2. The van der Waals surface area contributed by atoms with Gasteiger partial charge in [-0.25, -0.2) is 9.78 Å². The van der Waals surface area contributed by atoms with Crippen molar-refractivity contribution in [3.05, 3.63) is 81.0 Å². The number of anilines is 1. The lowest BCUT2D eigenvalue weighted by molar-refractivity contribution is 0.0967. The number of nitrogens with one attached hydrogen (secondary N) is 2. The lowest BCUT2D eigenvalue weighted by atomic mass is 10.1. The molecule has 0 aliphatic carbocycles. The molecule has 0 saturated heterocycles. The van der Waals surface area contributed by atoms with Crippen LogP contribution in [0.25, 0.3) is 0 Å². The maximum atomic E-state index is 12.3. The quantitative estimate of drug-likeness (QED) is 0.531. The number of amides is 3. The molecule has 0 aliphatic rings. The van der Waals surface area contributed by atoms with Crippen LogP contribution in [-0.2, 0) is 0 Å². The molecule has 7 nitrogen and oxygen atoms in total. The fourth-order valence-electron chi connectivity index (χ4n) is 2.69. The monoisotopic (exact) mass is 454 g/mol. The van der Waals surface area contributed by atoms with Crippen LogP contribution < -0.4 is 15.4 Å². The van der Waals surface area contributed by atoms with Crippen LogP contribution in [0.1, 0.15) is 27.0 Å². The number of carbonyl (C=O) groups is 2. The Hall–Kier alpha value is -3.60. The standard InChI is InChI=1S/C22H16Cl2N4O3/c1-12-9-17(27-22(30)28-21(29)15-5-3-4-6-16(15)23)13(2)19(24)20(12)31-18-8-7-14(10-25)11-26-18/h3-9,11H,1-2H3,(H2,27,28,29,30). The Morgan fingerprint density at radius 3 is 2.52 bits per heavy atom. The van der Waals surface area contributed by atoms with E-state index >= 15 is 0 Å². The number of nitrogens with zero attached hydrogens (tertiary/aromatic N) is 2. The van der Waals surface area contributed by atoms with E-state index in [0.29, 0.717) is 28.1 Å². The molecule has 0 aliphatic heterocycles. The van der Waals surface area contributed by atoms with Gasteiger partial charge in [0.15, 0.2) is 5.75 Å². The van der Waals surface area contributed by atoms with Gasteiger partial charge >= 0.3 is 6.03 Å². The lowest BCUT2D eigenvalue weighted by Crippen LogP contribution is -2.34. The maximum Gasteiger partial charge on any atom is 0.326 e. The predicted molar refractivity (Wildman–Crippen MR) is 118 cm³/mol. The number of ether oxygens (including phenoxy) is 1. The predicted octanol–water partition coefficient (Wildman–Crippen LogP) is 5.63. The van der Waals surface area contributed by atoms with E-state index in [2.05, 4.69) is 15.6 Å². The number of pyridine rings is 1. The molecule has 156 valence electrons. The molecular formula is C22H16Cl2N4O3. The van der Waals surface area contributed by atoms with E-state index in [1.165, 1.54) is 12.3 Å². The molecule has 2 N–H and O–H groups in total. The van der Waals surface area contributed by atoms with E-state index in [-0.39, 0.29) is 21.5 Å². The number of imide groups is 1. The number of nitriles is 1. The third kappa shape index (κ3) is 5.12. The summed E-state index contributed by atoms with van der Waals surface area (Å²) >= 11 is 12.4.